The van der Waals surface area contributed by atoms with Crippen LogP contribution < -0.4 is 0 Å². The average molecular weight is 368 g/mol. The van der Waals surface area contributed by atoms with Crippen LogP contribution in [0, 0.1) is 10.8 Å². The highest BCUT2D eigenvalue weighted by molar-refractivity contribution is 5.85. The minimum absolute atomic E-state index is 0.151. The molecule has 0 saturated carbocycles. The summed E-state index contributed by atoms with van der Waals surface area (Å²) in [5, 5.41) is 0. The topological polar surface area (TPSA) is 36.4 Å². The molecule has 0 aromatic carbocycles. The Morgan fingerprint density at radius 1 is 1.11 bits per heavy atom. The number of amides is 1. The molecule has 2 saturated heterocycles. The lowest BCUT2D eigenvalue weighted by atomic mass is 9.72. The SMILES string of the molecule is CC1=C(CN2CCC3(CCN(Cc4ccccn4)C3=O)C2)C(C)(C)CCC1. The van der Waals surface area contributed by atoms with Crippen LogP contribution in [-0.2, 0) is 11.3 Å². The Balaban J connectivity index is 1.42. The van der Waals surface area contributed by atoms with Crippen molar-refractivity contribution in [1.29, 1.82) is 0 Å². The third-order valence-corrected chi connectivity index (χ3v) is 7.18. The first-order valence-electron chi connectivity index (χ1n) is 10.5. The number of carbonyl (C=O) groups excluding carboxylic acids is 1. The lowest BCUT2D eigenvalue weighted by Gasteiger charge is -2.37. The summed E-state index contributed by atoms with van der Waals surface area (Å²) in [6.07, 6.45) is 7.66. The van der Waals surface area contributed by atoms with E-state index in [1.807, 2.05) is 29.3 Å². The van der Waals surface area contributed by atoms with Crippen molar-refractivity contribution in [2.75, 3.05) is 26.2 Å². The van der Waals surface area contributed by atoms with Crippen LogP contribution in [-0.4, -0.2) is 46.9 Å². The van der Waals surface area contributed by atoms with Gasteiger partial charge in [-0.15, -0.1) is 0 Å². The maximum atomic E-state index is 13.2. The van der Waals surface area contributed by atoms with Gasteiger partial charge in [0.2, 0.25) is 5.91 Å². The average Bonchev–Trinajstić information content (AvgIpc) is 3.18. The molecule has 1 aromatic heterocycles. The molecule has 4 rings (SSSR count). The summed E-state index contributed by atoms with van der Waals surface area (Å²) in [5.41, 5.74) is 4.36. The zero-order chi connectivity index (χ0) is 19.1. The highest BCUT2D eigenvalue weighted by Gasteiger charge is 2.50. The van der Waals surface area contributed by atoms with E-state index in [2.05, 4.69) is 30.7 Å². The molecule has 0 bridgehead atoms. The van der Waals surface area contributed by atoms with Crippen molar-refractivity contribution in [3.63, 3.8) is 0 Å². The molecular formula is C23H33N3O. The highest BCUT2D eigenvalue weighted by atomic mass is 16.2. The van der Waals surface area contributed by atoms with E-state index in [9.17, 15) is 4.79 Å². The fourth-order valence-corrected chi connectivity index (χ4v) is 5.45. The Kier molecular flexibility index (Phi) is 4.87. The maximum absolute atomic E-state index is 13.2. The summed E-state index contributed by atoms with van der Waals surface area (Å²) in [6, 6.07) is 5.94. The van der Waals surface area contributed by atoms with Gasteiger partial charge in [-0.1, -0.05) is 31.1 Å². The third kappa shape index (κ3) is 3.56. The summed E-state index contributed by atoms with van der Waals surface area (Å²) in [4.78, 5) is 22.2. The normalized spacial score (nSPS) is 28.6. The van der Waals surface area contributed by atoms with Gasteiger partial charge < -0.3 is 4.90 Å². The van der Waals surface area contributed by atoms with Crippen molar-refractivity contribution in [2.24, 2.45) is 10.8 Å². The number of allylic oxidation sites excluding steroid dienone is 1. The van der Waals surface area contributed by atoms with Crippen LogP contribution in [0.2, 0.25) is 0 Å². The largest absolute Gasteiger partial charge is 0.336 e. The fraction of sp³-hybridized carbons (Fsp3) is 0.652. The summed E-state index contributed by atoms with van der Waals surface area (Å²) in [6.45, 7) is 11.7. The molecule has 1 unspecified atom stereocenters. The zero-order valence-corrected chi connectivity index (χ0v) is 17.1. The Bertz CT molecular complexity index is 739. The van der Waals surface area contributed by atoms with Crippen molar-refractivity contribution in [2.45, 2.75) is 59.4 Å². The Morgan fingerprint density at radius 3 is 2.67 bits per heavy atom. The summed E-state index contributed by atoms with van der Waals surface area (Å²) < 4.78 is 0. The van der Waals surface area contributed by atoms with Gasteiger partial charge in [0.05, 0.1) is 17.7 Å². The predicted octanol–water partition coefficient (Wildman–Crippen LogP) is 4.03. The number of aromatic nitrogens is 1. The lowest BCUT2D eigenvalue weighted by molar-refractivity contribution is -0.136. The van der Waals surface area contributed by atoms with Crippen LogP contribution in [0.4, 0.5) is 0 Å². The molecule has 2 fully saturated rings. The van der Waals surface area contributed by atoms with E-state index in [-0.39, 0.29) is 5.41 Å². The van der Waals surface area contributed by atoms with Gasteiger partial charge in [-0.05, 0) is 63.1 Å². The van der Waals surface area contributed by atoms with Gasteiger partial charge in [0.25, 0.3) is 0 Å². The van der Waals surface area contributed by atoms with E-state index < -0.39 is 0 Å². The number of pyridine rings is 1. The molecule has 1 spiro atoms. The van der Waals surface area contributed by atoms with Crippen LogP contribution in [0.1, 0.15) is 58.6 Å². The number of nitrogens with zero attached hydrogens (tertiary/aromatic N) is 3. The Labute approximate surface area is 163 Å². The molecule has 146 valence electrons. The van der Waals surface area contributed by atoms with Gasteiger partial charge in [-0.25, -0.2) is 0 Å². The first-order valence-corrected chi connectivity index (χ1v) is 10.5. The third-order valence-electron chi connectivity index (χ3n) is 7.18. The van der Waals surface area contributed by atoms with Crippen LogP contribution in [0.25, 0.3) is 0 Å². The van der Waals surface area contributed by atoms with E-state index in [4.69, 9.17) is 0 Å². The Hall–Kier alpha value is -1.68. The molecule has 4 nitrogen and oxygen atoms in total. The Morgan fingerprint density at radius 2 is 1.93 bits per heavy atom. The number of likely N-dealkylation sites (tertiary alicyclic amines) is 2. The lowest BCUT2D eigenvalue weighted by Crippen LogP contribution is -2.38. The van der Waals surface area contributed by atoms with E-state index in [1.165, 1.54) is 19.3 Å². The number of hydrogen-bond donors (Lipinski definition) is 0. The van der Waals surface area contributed by atoms with Crippen molar-refractivity contribution < 1.29 is 4.79 Å². The number of hydrogen-bond acceptors (Lipinski definition) is 3. The summed E-state index contributed by atoms with van der Waals surface area (Å²) in [5.74, 6) is 0.351. The fourth-order valence-electron chi connectivity index (χ4n) is 5.45. The molecule has 1 amide bonds. The van der Waals surface area contributed by atoms with E-state index in [0.717, 1.165) is 44.7 Å². The van der Waals surface area contributed by atoms with Gasteiger partial charge in [0.1, 0.15) is 0 Å². The van der Waals surface area contributed by atoms with Crippen LogP contribution in [0.5, 0.6) is 0 Å². The van der Waals surface area contributed by atoms with E-state index >= 15 is 0 Å². The van der Waals surface area contributed by atoms with Crippen LogP contribution in [0.3, 0.4) is 0 Å². The first kappa shape index (κ1) is 18.7. The van der Waals surface area contributed by atoms with Crippen molar-refractivity contribution in [1.82, 2.24) is 14.8 Å². The van der Waals surface area contributed by atoms with Crippen molar-refractivity contribution >= 4 is 5.91 Å². The smallest absolute Gasteiger partial charge is 0.230 e. The molecule has 3 aliphatic rings. The standard InChI is InChI=1S/C23H33N3O/c1-18-7-6-9-22(2,3)20(18)16-25-13-10-23(17-25)11-14-26(21(23)27)15-19-8-4-5-12-24-19/h4-5,8,12H,6-7,9-11,13-17H2,1-3H3. The monoisotopic (exact) mass is 367 g/mol. The second kappa shape index (κ2) is 7.05. The molecule has 0 N–H and O–H groups in total. The van der Waals surface area contributed by atoms with E-state index in [0.29, 0.717) is 17.9 Å². The van der Waals surface area contributed by atoms with Crippen LogP contribution >= 0.6 is 0 Å². The van der Waals surface area contributed by atoms with Gasteiger partial charge >= 0.3 is 0 Å². The minimum Gasteiger partial charge on any atom is -0.336 e. The summed E-state index contributed by atoms with van der Waals surface area (Å²) >= 11 is 0. The molecule has 3 heterocycles. The van der Waals surface area contributed by atoms with Crippen molar-refractivity contribution in [3.8, 4) is 0 Å². The zero-order valence-electron chi connectivity index (χ0n) is 17.1. The number of carbonyl (C=O) groups is 1. The van der Waals surface area contributed by atoms with E-state index in [1.54, 1.807) is 11.1 Å². The molecule has 4 heteroatoms. The number of rotatable bonds is 4. The maximum Gasteiger partial charge on any atom is 0.230 e. The molecule has 0 radical (unpaired) electrons. The van der Waals surface area contributed by atoms with Gasteiger partial charge in [0.15, 0.2) is 0 Å². The minimum atomic E-state index is -0.151. The predicted molar refractivity (Wildman–Crippen MR) is 108 cm³/mol. The molecule has 1 atom stereocenters. The second-order valence-electron chi connectivity index (χ2n) is 9.54. The summed E-state index contributed by atoms with van der Waals surface area (Å²) in [7, 11) is 0. The quantitative estimate of drug-likeness (QED) is 0.754. The molecule has 27 heavy (non-hydrogen) atoms. The molecule has 1 aromatic rings. The van der Waals surface area contributed by atoms with Crippen LogP contribution in [0.15, 0.2) is 35.5 Å². The second-order valence-corrected chi connectivity index (χ2v) is 9.54. The molecule has 2 aliphatic heterocycles. The molecule has 1 aliphatic carbocycles. The first-order chi connectivity index (χ1) is 12.9. The van der Waals surface area contributed by atoms with Gasteiger partial charge in [0, 0.05) is 25.8 Å². The van der Waals surface area contributed by atoms with Gasteiger partial charge in [-0.2, -0.15) is 0 Å². The highest BCUT2D eigenvalue weighted by Crippen LogP contribution is 2.44. The van der Waals surface area contributed by atoms with Crippen molar-refractivity contribution in [3.05, 3.63) is 41.2 Å². The molecular weight excluding hydrogens is 334 g/mol. The van der Waals surface area contributed by atoms with Gasteiger partial charge in [-0.3, -0.25) is 14.7 Å².